The Hall–Kier alpha value is -3.20. The van der Waals surface area contributed by atoms with E-state index in [2.05, 4.69) is 20.2 Å². The Kier molecular flexibility index (Phi) is 8.02. The number of piperazine rings is 1. The van der Waals surface area contributed by atoms with E-state index in [1.54, 1.807) is 6.92 Å². The lowest BCUT2D eigenvalue weighted by atomic mass is 10.2. The van der Waals surface area contributed by atoms with E-state index in [0.29, 0.717) is 37.9 Å². The number of nitrogens with zero attached hydrogens (tertiary/aromatic N) is 4. The number of hydrogen-bond acceptors (Lipinski definition) is 9. The van der Waals surface area contributed by atoms with Gasteiger partial charge in [0.05, 0.1) is 11.0 Å². The van der Waals surface area contributed by atoms with Crippen molar-refractivity contribution >= 4 is 15.7 Å². The first-order valence-corrected chi connectivity index (χ1v) is 12.8. The molecule has 0 bridgehead atoms. The van der Waals surface area contributed by atoms with Crippen molar-refractivity contribution in [2.45, 2.75) is 24.3 Å². The van der Waals surface area contributed by atoms with Crippen LogP contribution >= 0.6 is 0 Å². The highest BCUT2D eigenvalue weighted by molar-refractivity contribution is 7.89. The van der Waals surface area contributed by atoms with Gasteiger partial charge in [-0.05, 0) is 48.5 Å². The molecule has 200 valence electrons. The molecule has 0 amide bonds. The molecule has 14 heteroatoms. The summed E-state index contributed by atoms with van der Waals surface area (Å²) >= 11 is 0. The molecule has 4 rings (SSSR count). The quantitative estimate of drug-likeness (QED) is 0.421. The second-order valence-electron chi connectivity index (χ2n) is 8.47. The number of hydrogen-bond donors (Lipinski definition) is 2. The summed E-state index contributed by atoms with van der Waals surface area (Å²) in [5.74, 6) is 0.488. The number of alkyl halides is 3. The van der Waals surface area contributed by atoms with Crippen LogP contribution in [-0.4, -0.2) is 84.6 Å². The Labute approximate surface area is 211 Å². The lowest BCUT2D eigenvalue weighted by Crippen LogP contribution is -2.50. The van der Waals surface area contributed by atoms with E-state index in [1.165, 1.54) is 4.31 Å². The molecule has 1 aliphatic heterocycles. The largest absolute Gasteiger partial charge is 0.573 e. The molecule has 2 heterocycles. The second kappa shape index (κ2) is 11.0. The molecule has 1 aliphatic rings. The number of benzene rings is 2. The van der Waals surface area contributed by atoms with Crippen LogP contribution in [0.5, 0.6) is 5.75 Å². The molecule has 10 nitrogen and oxygen atoms in total. The first kappa shape index (κ1) is 26.9. The highest BCUT2D eigenvalue weighted by Gasteiger charge is 2.32. The summed E-state index contributed by atoms with van der Waals surface area (Å²) in [5, 5.41) is 17.5. The first-order valence-electron chi connectivity index (χ1n) is 11.4. The summed E-state index contributed by atoms with van der Waals surface area (Å²) in [5.41, 5.74) is 1.62. The predicted molar refractivity (Wildman–Crippen MR) is 127 cm³/mol. The number of aryl methyl sites for hydroxylation is 1. The van der Waals surface area contributed by atoms with Crippen molar-refractivity contribution in [2.75, 3.05) is 44.6 Å². The second-order valence-corrected chi connectivity index (χ2v) is 10.4. The Morgan fingerprint density at radius 1 is 1.08 bits per heavy atom. The fourth-order valence-corrected chi connectivity index (χ4v) is 5.29. The van der Waals surface area contributed by atoms with Crippen LogP contribution in [0.15, 0.2) is 57.9 Å². The van der Waals surface area contributed by atoms with Gasteiger partial charge in [-0.3, -0.25) is 4.90 Å². The number of nitrogens with one attached hydrogen (secondary N) is 1. The number of aliphatic hydroxyl groups is 1. The highest BCUT2D eigenvalue weighted by atomic mass is 32.2. The van der Waals surface area contributed by atoms with Crippen LogP contribution in [0.3, 0.4) is 0 Å². The summed E-state index contributed by atoms with van der Waals surface area (Å²) in [6, 6.07) is 11.5. The molecule has 1 aromatic heterocycles. The maximum absolute atomic E-state index is 12.9. The third kappa shape index (κ3) is 7.19. The molecule has 37 heavy (non-hydrogen) atoms. The van der Waals surface area contributed by atoms with Crippen molar-refractivity contribution in [1.82, 2.24) is 19.3 Å². The summed E-state index contributed by atoms with van der Waals surface area (Å²) in [6.45, 7) is 3.57. The average Bonchev–Trinajstić information content (AvgIpc) is 3.29. The number of ether oxygens (including phenoxy) is 1. The highest BCUT2D eigenvalue weighted by Crippen LogP contribution is 2.25. The van der Waals surface area contributed by atoms with Crippen LogP contribution in [0.25, 0.3) is 11.4 Å². The number of halogens is 3. The molecule has 1 unspecified atom stereocenters. The lowest BCUT2D eigenvalue weighted by molar-refractivity contribution is -0.274. The number of sulfonamides is 1. The molecule has 2 aromatic carbocycles. The van der Waals surface area contributed by atoms with Gasteiger partial charge in [0, 0.05) is 57.4 Å². The zero-order valence-electron chi connectivity index (χ0n) is 19.8. The smallest absolute Gasteiger partial charge is 0.406 e. The van der Waals surface area contributed by atoms with Crippen molar-refractivity contribution in [3.63, 3.8) is 0 Å². The molecular formula is C23H26F3N5O5S. The van der Waals surface area contributed by atoms with Crippen molar-refractivity contribution in [3.8, 4) is 17.1 Å². The van der Waals surface area contributed by atoms with E-state index in [9.17, 15) is 26.7 Å². The van der Waals surface area contributed by atoms with E-state index in [4.69, 9.17) is 4.52 Å². The van der Waals surface area contributed by atoms with Crippen LogP contribution in [0.4, 0.5) is 18.9 Å². The van der Waals surface area contributed by atoms with Gasteiger partial charge in [0.2, 0.25) is 21.7 Å². The van der Waals surface area contributed by atoms with Crippen LogP contribution in [0.1, 0.15) is 5.89 Å². The summed E-state index contributed by atoms with van der Waals surface area (Å²) in [6.07, 6.45) is -5.54. The predicted octanol–water partition coefficient (Wildman–Crippen LogP) is 2.72. The molecule has 3 aromatic rings. The van der Waals surface area contributed by atoms with Crippen molar-refractivity contribution < 1.29 is 36.0 Å². The molecule has 1 atom stereocenters. The Bertz CT molecular complexity index is 1280. The van der Waals surface area contributed by atoms with Crippen LogP contribution < -0.4 is 10.1 Å². The van der Waals surface area contributed by atoms with Gasteiger partial charge in [-0.1, -0.05) is 5.16 Å². The topological polar surface area (TPSA) is 121 Å². The number of aromatic nitrogens is 2. The number of β-amino-alcohol motifs (C(OH)–C–C–N with tert-alkyl or cyclic N) is 1. The molecule has 0 spiro atoms. The molecule has 1 fully saturated rings. The normalized spacial score (nSPS) is 16.5. The van der Waals surface area contributed by atoms with Gasteiger partial charge in [0.15, 0.2) is 0 Å². The SMILES string of the molecule is Cc1nc(-c2ccc(NCC(O)CN3CCN(S(=O)(=O)c4ccc(OC(F)(F)F)cc4)CC3)cc2)no1. The van der Waals surface area contributed by atoms with Crippen LogP contribution in [0, 0.1) is 6.92 Å². The monoisotopic (exact) mass is 541 g/mol. The maximum Gasteiger partial charge on any atom is 0.573 e. The van der Waals surface area contributed by atoms with Gasteiger partial charge >= 0.3 is 6.36 Å². The van der Waals surface area contributed by atoms with Crippen LogP contribution in [0.2, 0.25) is 0 Å². The fourth-order valence-electron chi connectivity index (χ4n) is 3.87. The lowest BCUT2D eigenvalue weighted by Gasteiger charge is -2.35. The fraction of sp³-hybridized carbons (Fsp3) is 0.391. The molecule has 1 saturated heterocycles. The number of rotatable bonds is 9. The first-order chi connectivity index (χ1) is 17.5. The van der Waals surface area contributed by atoms with E-state index in [0.717, 1.165) is 35.5 Å². The standard InChI is InChI=1S/C23H26F3N5O5S/c1-16-28-22(29-36-16)17-2-4-18(5-3-17)27-14-19(32)15-30-10-12-31(13-11-30)37(33,34)21-8-6-20(7-9-21)35-23(24,25)26/h2-9,19,27,32H,10-15H2,1H3. The third-order valence-electron chi connectivity index (χ3n) is 5.71. The summed E-state index contributed by atoms with van der Waals surface area (Å²) in [7, 11) is -3.86. The molecule has 2 N–H and O–H groups in total. The molecule has 0 saturated carbocycles. The van der Waals surface area contributed by atoms with Gasteiger partial charge in [0.25, 0.3) is 0 Å². The summed E-state index contributed by atoms with van der Waals surface area (Å²) < 4.78 is 72.7. The molecular weight excluding hydrogens is 515 g/mol. The zero-order chi connectivity index (χ0) is 26.6. The van der Waals surface area contributed by atoms with E-state index in [-0.39, 0.29) is 18.0 Å². The van der Waals surface area contributed by atoms with E-state index < -0.39 is 28.2 Å². The number of anilines is 1. The Morgan fingerprint density at radius 2 is 1.73 bits per heavy atom. The number of aliphatic hydroxyl groups excluding tert-OH is 1. The van der Waals surface area contributed by atoms with Gasteiger partial charge in [-0.2, -0.15) is 9.29 Å². The van der Waals surface area contributed by atoms with Gasteiger partial charge in [-0.25, -0.2) is 8.42 Å². The van der Waals surface area contributed by atoms with Crippen LogP contribution in [-0.2, 0) is 10.0 Å². The van der Waals surface area contributed by atoms with Gasteiger partial charge < -0.3 is 19.7 Å². The third-order valence-corrected chi connectivity index (χ3v) is 7.62. The van der Waals surface area contributed by atoms with E-state index >= 15 is 0 Å². The van der Waals surface area contributed by atoms with Crippen molar-refractivity contribution in [2.24, 2.45) is 0 Å². The van der Waals surface area contributed by atoms with E-state index in [1.807, 2.05) is 29.2 Å². The maximum atomic E-state index is 12.9. The molecule has 0 aliphatic carbocycles. The van der Waals surface area contributed by atoms with Crippen molar-refractivity contribution in [1.29, 1.82) is 0 Å². The Morgan fingerprint density at radius 3 is 2.30 bits per heavy atom. The van der Waals surface area contributed by atoms with Gasteiger partial charge in [-0.15, -0.1) is 13.2 Å². The zero-order valence-corrected chi connectivity index (χ0v) is 20.7. The molecule has 0 radical (unpaired) electrons. The minimum absolute atomic E-state index is 0.111. The van der Waals surface area contributed by atoms with Crippen molar-refractivity contribution in [3.05, 3.63) is 54.4 Å². The average molecular weight is 542 g/mol. The summed E-state index contributed by atoms with van der Waals surface area (Å²) in [4.78, 5) is 6.02. The minimum Gasteiger partial charge on any atom is -0.406 e. The Balaban J connectivity index is 1.23. The minimum atomic E-state index is -4.85. The van der Waals surface area contributed by atoms with Gasteiger partial charge in [0.1, 0.15) is 5.75 Å².